The van der Waals surface area contributed by atoms with E-state index >= 15 is 0 Å². The fourth-order valence-electron chi connectivity index (χ4n) is 0.224. The largest absolute Gasteiger partial charge is 0.310 e. The maximum absolute atomic E-state index is 2.25. The van der Waals surface area contributed by atoms with Gasteiger partial charge in [0.2, 0.25) is 0 Å². The van der Waals surface area contributed by atoms with Crippen LogP contribution in [0.3, 0.4) is 0 Å². The first kappa shape index (κ1) is 24.9. The van der Waals surface area contributed by atoms with Crippen LogP contribution in [0.25, 0.3) is 0 Å². The third kappa shape index (κ3) is 66.3. The quantitative estimate of drug-likeness (QED) is 0.729. The van der Waals surface area contributed by atoms with Gasteiger partial charge in [0.05, 0.1) is 0 Å². The van der Waals surface area contributed by atoms with Gasteiger partial charge in [-0.05, 0) is 40.8 Å². The zero-order chi connectivity index (χ0) is 14.0. The van der Waals surface area contributed by atoms with Gasteiger partial charge in [-0.25, -0.2) is 0 Å². The number of nitrogens with zero attached hydrogens (tertiary/aromatic N) is 2. The van der Waals surface area contributed by atoms with Crippen molar-refractivity contribution in [1.29, 1.82) is 0 Å². The Labute approximate surface area is 106 Å². The Morgan fingerprint density at radius 3 is 0.812 bits per heavy atom. The minimum atomic E-state index is 1.14. The van der Waals surface area contributed by atoms with Gasteiger partial charge in [-0.1, -0.05) is 54.9 Å². The molecule has 0 amide bonds. The molecule has 0 aromatic rings. The van der Waals surface area contributed by atoms with E-state index < -0.39 is 0 Å². The third-order valence-corrected chi connectivity index (χ3v) is 1.71. The molecule has 16 heavy (non-hydrogen) atoms. The van der Waals surface area contributed by atoms with Gasteiger partial charge in [-0.15, -0.1) is 0 Å². The summed E-state index contributed by atoms with van der Waals surface area (Å²) in [6.45, 7) is 18.2. The van der Waals surface area contributed by atoms with Crippen molar-refractivity contribution in [2.24, 2.45) is 0 Å². The van der Waals surface area contributed by atoms with E-state index in [2.05, 4.69) is 65.6 Å². The molecular weight excluding hydrogens is 196 g/mol. The standard InChI is InChI=1S/C5H13N.C4H11N.C3H8.C2H6/c1-4-6(3)5-2;1-4-5(2)3;1-3-2;1-2/h4-5H2,1-3H3;4H2,1-3H3;3H2,1-2H3;1-2H3. The lowest BCUT2D eigenvalue weighted by molar-refractivity contribution is 0.373. The highest BCUT2D eigenvalue weighted by Crippen LogP contribution is 1.73. The molecule has 0 saturated heterocycles. The number of hydrogen-bond acceptors (Lipinski definition) is 2. The molecule has 0 aromatic carbocycles. The lowest BCUT2D eigenvalue weighted by atomic mass is 10.6. The molecule has 104 valence electrons. The summed E-state index contributed by atoms with van der Waals surface area (Å²) in [6.07, 6.45) is 1.25. The maximum atomic E-state index is 2.25. The summed E-state index contributed by atoms with van der Waals surface area (Å²) in [4.78, 5) is 4.38. The summed E-state index contributed by atoms with van der Waals surface area (Å²) in [5.74, 6) is 0. The maximum Gasteiger partial charge on any atom is -0.00504 e. The van der Waals surface area contributed by atoms with Gasteiger partial charge in [0.1, 0.15) is 0 Å². The van der Waals surface area contributed by atoms with Crippen molar-refractivity contribution in [3.05, 3.63) is 0 Å². The zero-order valence-corrected chi connectivity index (χ0v) is 13.7. The van der Waals surface area contributed by atoms with Gasteiger partial charge in [0.15, 0.2) is 0 Å². The van der Waals surface area contributed by atoms with Crippen LogP contribution in [0.1, 0.15) is 54.9 Å². The van der Waals surface area contributed by atoms with Crippen molar-refractivity contribution < 1.29 is 0 Å². The van der Waals surface area contributed by atoms with E-state index in [0.717, 1.165) is 19.6 Å². The molecule has 0 aliphatic rings. The van der Waals surface area contributed by atoms with Crippen molar-refractivity contribution in [3.63, 3.8) is 0 Å². The Balaban J connectivity index is -0.0000000653. The molecule has 2 nitrogen and oxygen atoms in total. The molecule has 0 aromatic heterocycles. The topological polar surface area (TPSA) is 6.48 Å². The summed E-state index contributed by atoms with van der Waals surface area (Å²) >= 11 is 0. The molecule has 0 rings (SSSR count). The molecule has 0 aliphatic carbocycles. The normalized spacial score (nSPS) is 8.25. The van der Waals surface area contributed by atoms with E-state index in [1.807, 2.05) is 13.8 Å². The molecule has 0 N–H and O–H groups in total. The smallest absolute Gasteiger partial charge is 0.00504 e. The summed E-state index contributed by atoms with van der Waals surface area (Å²) in [5.41, 5.74) is 0. The lowest BCUT2D eigenvalue weighted by Gasteiger charge is -2.07. The van der Waals surface area contributed by atoms with Crippen molar-refractivity contribution in [3.8, 4) is 0 Å². The highest BCUT2D eigenvalue weighted by molar-refractivity contribution is 4.36. The summed E-state index contributed by atoms with van der Waals surface area (Å²) in [7, 11) is 6.22. The summed E-state index contributed by atoms with van der Waals surface area (Å²) < 4.78 is 0. The first-order valence-corrected chi connectivity index (χ1v) is 6.83. The first-order valence-electron chi connectivity index (χ1n) is 6.83. The van der Waals surface area contributed by atoms with Gasteiger partial charge in [0.25, 0.3) is 0 Å². The Bertz CT molecular complexity index is 69.1. The fraction of sp³-hybridized carbons (Fsp3) is 1.00. The molecule has 2 heteroatoms. The van der Waals surface area contributed by atoms with Gasteiger partial charge in [0, 0.05) is 0 Å². The van der Waals surface area contributed by atoms with Crippen LogP contribution >= 0.6 is 0 Å². The minimum Gasteiger partial charge on any atom is -0.310 e. The zero-order valence-electron chi connectivity index (χ0n) is 13.7. The van der Waals surface area contributed by atoms with E-state index in [4.69, 9.17) is 0 Å². The minimum absolute atomic E-state index is 1.14. The predicted octanol–water partition coefficient (Wildman–Crippen LogP) is 3.97. The molecule has 0 spiro atoms. The van der Waals surface area contributed by atoms with Crippen LogP contribution in [0, 0.1) is 0 Å². The van der Waals surface area contributed by atoms with Crippen molar-refractivity contribution in [2.75, 3.05) is 40.8 Å². The number of hydrogen-bond donors (Lipinski definition) is 0. The fourth-order valence-corrected chi connectivity index (χ4v) is 0.224. The van der Waals surface area contributed by atoms with Crippen LogP contribution in [-0.4, -0.2) is 50.6 Å². The number of rotatable bonds is 3. The molecular formula is C14H38N2. The average molecular weight is 234 g/mol. The van der Waals surface area contributed by atoms with Crippen LogP contribution in [0.2, 0.25) is 0 Å². The Morgan fingerprint density at radius 1 is 0.625 bits per heavy atom. The van der Waals surface area contributed by atoms with Crippen molar-refractivity contribution >= 4 is 0 Å². The van der Waals surface area contributed by atoms with E-state index in [9.17, 15) is 0 Å². The predicted molar refractivity (Wildman–Crippen MR) is 80.4 cm³/mol. The molecule has 0 unspecified atom stereocenters. The second-order valence-electron chi connectivity index (χ2n) is 3.59. The van der Waals surface area contributed by atoms with Crippen LogP contribution < -0.4 is 0 Å². The highest BCUT2D eigenvalue weighted by atomic mass is 15.1. The second-order valence-corrected chi connectivity index (χ2v) is 3.59. The SMILES string of the molecule is CC.CCC.CCN(C)C.CCN(C)CC. The van der Waals surface area contributed by atoms with E-state index in [0.29, 0.717) is 0 Å². The first-order chi connectivity index (χ1) is 7.49. The molecule has 0 saturated carbocycles. The highest BCUT2D eigenvalue weighted by Gasteiger charge is 1.81. The molecule has 0 atom stereocenters. The lowest BCUT2D eigenvalue weighted by Crippen LogP contribution is -2.15. The van der Waals surface area contributed by atoms with Crippen LogP contribution in [-0.2, 0) is 0 Å². The van der Waals surface area contributed by atoms with Crippen LogP contribution in [0.4, 0.5) is 0 Å². The van der Waals surface area contributed by atoms with Crippen molar-refractivity contribution in [2.45, 2.75) is 54.9 Å². The Morgan fingerprint density at radius 2 is 0.812 bits per heavy atom. The third-order valence-electron chi connectivity index (χ3n) is 1.71. The van der Waals surface area contributed by atoms with Gasteiger partial charge in [-0.2, -0.15) is 0 Å². The molecule has 0 radical (unpaired) electrons. The molecule has 0 fully saturated rings. The summed E-state index contributed by atoms with van der Waals surface area (Å²) in [6, 6.07) is 0. The average Bonchev–Trinajstić information content (AvgIpc) is 2.32. The van der Waals surface area contributed by atoms with Crippen molar-refractivity contribution in [1.82, 2.24) is 9.80 Å². The van der Waals surface area contributed by atoms with Gasteiger partial charge < -0.3 is 9.80 Å². The van der Waals surface area contributed by atoms with E-state index in [1.165, 1.54) is 6.42 Å². The van der Waals surface area contributed by atoms with E-state index in [1.54, 1.807) is 0 Å². The second kappa shape index (κ2) is 29.4. The van der Waals surface area contributed by atoms with Gasteiger partial charge in [-0.3, -0.25) is 0 Å². The van der Waals surface area contributed by atoms with E-state index in [-0.39, 0.29) is 0 Å². The van der Waals surface area contributed by atoms with Crippen LogP contribution in [0.5, 0.6) is 0 Å². The Kier molecular flexibility index (Phi) is 45.8. The molecule has 0 heterocycles. The molecule has 0 bridgehead atoms. The van der Waals surface area contributed by atoms with Crippen LogP contribution in [0.15, 0.2) is 0 Å². The van der Waals surface area contributed by atoms with Gasteiger partial charge >= 0.3 is 0 Å². The Hall–Kier alpha value is -0.0800. The molecule has 0 aliphatic heterocycles. The summed E-state index contributed by atoms with van der Waals surface area (Å²) in [5, 5.41) is 0. The monoisotopic (exact) mass is 234 g/mol.